The number of hydrogen-bond donors (Lipinski definition) is 1. The maximum Gasteiger partial charge on any atom is 2.00 e. The van der Waals surface area contributed by atoms with Crippen LogP contribution in [0.5, 0.6) is 0 Å². The Morgan fingerprint density at radius 1 is 1.35 bits per heavy atom. The van der Waals surface area contributed by atoms with E-state index >= 15 is 0 Å². The molecule has 1 atom stereocenters. The zero-order valence-electron chi connectivity index (χ0n) is 9.98. The van der Waals surface area contributed by atoms with Crippen molar-refractivity contribution in [1.29, 1.82) is 0 Å². The molecule has 1 unspecified atom stereocenters. The Morgan fingerprint density at radius 2 is 2.05 bits per heavy atom. The zero-order valence-corrected chi connectivity index (χ0v) is 12.9. The summed E-state index contributed by atoms with van der Waals surface area (Å²) in [4.78, 5) is 33.9. The molecule has 0 aromatic heterocycles. The molecule has 104 valence electrons. The van der Waals surface area contributed by atoms with Crippen LogP contribution in [0.1, 0.15) is 23.2 Å². The number of benzene rings is 1. The molecule has 1 fully saturated rings. The molecule has 20 heavy (non-hydrogen) atoms. The quantitative estimate of drug-likeness (QED) is 0.542. The number of rotatable bonds is 2. The number of carbonyl (C=O) groups is 3. The van der Waals surface area contributed by atoms with Crippen molar-refractivity contribution in [2.45, 2.75) is 18.9 Å². The number of nitrogens with zero attached hydrogens (tertiary/aromatic N) is 1. The van der Waals surface area contributed by atoms with Gasteiger partial charge in [0.2, 0.25) is 11.8 Å². The van der Waals surface area contributed by atoms with Gasteiger partial charge in [0, 0.05) is 6.42 Å². The van der Waals surface area contributed by atoms with Crippen LogP contribution in [0, 0.1) is 17.7 Å². The summed E-state index contributed by atoms with van der Waals surface area (Å²) < 4.78 is 25.6. The molecule has 0 aliphatic carbocycles. The third-order valence-corrected chi connectivity index (χ3v) is 2.56. The SMILES string of the molecule is O=C1CCC([N-]C(=O)c2[c-]c(F)c(F)cc2)C(=O)N1.[W+2]. The fourth-order valence-electron chi connectivity index (χ4n) is 1.59. The largest absolute Gasteiger partial charge is 2.00 e. The maximum absolute atomic E-state index is 12.9. The van der Waals surface area contributed by atoms with Gasteiger partial charge in [-0.1, -0.05) is 0 Å². The monoisotopic (exact) mass is 450 g/mol. The van der Waals surface area contributed by atoms with Gasteiger partial charge in [-0.3, -0.25) is 19.3 Å². The van der Waals surface area contributed by atoms with Crippen LogP contribution in [-0.4, -0.2) is 23.8 Å². The van der Waals surface area contributed by atoms with E-state index in [1.54, 1.807) is 0 Å². The van der Waals surface area contributed by atoms with Gasteiger partial charge in [0.15, 0.2) is 0 Å². The number of halogens is 2. The fraction of sp³-hybridized carbons (Fsp3) is 0.250. The molecule has 0 saturated carbocycles. The van der Waals surface area contributed by atoms with E-state index in [-0.39, 0.29) is 39.5 Å². The van der Waals surface area contributed by atoms with E-state index < -0.39 is 35.4 Å². The standard InChI is InChI=1S/C12H9F2N2O3.W/c13-7-2-1-6(5-8(7)14)11(18)15-9-3-4-10(17)16-12(9)19;/h1-2,9H,3-4H2,(H2,15,16,17,18,19);/q-1;+2/p-1. The molecule has 1 aliphatic rings. The number of nitrogens with one attached hydrogen (secondary N) is 1. The first kappa shape index (κ1) is 16.4. The van der Waals surface area contributed by atoms with Gasteiger partial charge in [0.05, 0.1) is 11.6 Å². The second kappa shape index (κ2) is 6.70. The van der Waals surface area contributed by atoms with E-state index in [0.717, 1.165) is 12.1 Å². The first-order valence-electron chi connectivity index (χ1n) is 5.43. The molecule has 1 aromatic rings. The van der Waals surface area contributed by atoms with Crippen LogP contribution in [0.2, 0.25) is 0 Å². The van der Waals surface area contributed by atoms with Crippen molar-refractivity contribution in [1.82, 2.24) is 5.32 Å². The molecule has 0 spiro atoms. The Kier molecular flexibility index (Phi) is 5.50. The zero-order chi connectivity index (χ0) is 14.0. The molecular weight excluding hydrogens is 442 g/mol. The van der Waals surface area contributed by atoms with E-state index in [9.17, 15) is 23.2 Å². The number of carbonyl (C=O) groups excluding carboxylic acids is 3. The first-order chi connectivity index (χ1) is 8.97. The van der Waals surface area contributed by atoms with Crippen LogP contribution < -0.4 is 5.32 Å². The molecule has 1 N–H and O–H groups in total. The average molecular weight is 450 g/mol. The Bertz CT molecular complexity index is 566. The first-order valence-corrected chi connectivity index (χ1v) is 5.43. The molecule has 2 rings (SSSR count). The van der Waals surface area contributed by atoms with Crippen molar-refractivity contribution in [3.05, 3.63) is 40.7 Å². The van der Waals surface area contributed by atoms with Crippen molar-refractivity contribution >= 4 is 17.7 Å². The molecule has 1 saturated heterocycles. The van der Waals surface area contributed by atoms with Gasteiger partial charge in [0.1, 0.15) is 0 Å². The normalized spacial score (nSPS) is 18.0. The molecule has 5 nitrogen and oxygen atoms in total. The third kappa shape index (κ3) is 3.69. The summed E-state index contributed by atoms with van der Waals surface area (Å²) in [6.07, 6.45) is 0.189. The van der Waals surface area contributed by atoms with Gasteiger partial charge in [-0.2, -0.15) is 0 Å². The van der Waals surface area contributed by atoms with Crippen LogP contribution in [0.15, 0.2) is 12.1 Å². The van der Waals surface area contributed by atoms with Crippen LogP contribution in [0.3, 0.4) is 0 Å². The molecule has 0 radical (unpaired) electrons. The number of amides is 3. The third-order valence-electron chi connectivity index (χ3n) is 2.56. The number of hydrogen-bond acceptors (Lipinski definition) is 3. The van der Waals surface area contributed by atoms with E-state index in [1.807, 2.05) is 11.4 Å². The van der Waals surface area contributed by atoms with Crippen LogP contribution >= 0.6 is 0 Å². The smallest absolute Gasteiger partial charge is 0.684 e. The summed E-state index contributed by atoms with van der Waals surface area (Å²) in [5.74, 6) is -4.40. The summed E-state index contributed by atoms with van der Waals surface area (Å²) in [5, 5.41) is 5.61. The predicted octanol–water partition coefficient (Wildman–Crippen LogP) is 1.08. The van der Waals surface area contributed by atoms with Gasteiger partial charge in [-0.25, -0.2) is 4.39 Å². The summed E-state index contributed by atoms with van der Waals surface area (Å²) in [7, 11) is 0. The molecular formula is C12H8F2N2O3W. The minimum Gasteiger partial charge on any atom is -0.684 e. The van der Waals surface area contributed by atoms with Crippen LogP contribution in [-0.2, 0) is 30.7 Å². The minimum absolute atomic E-state index is 0. The Hall–Kier alpha value is -1.62. The second-order valence-corrected chi connectivity index (χ2v) is 3.94. The van der Waals surface area contributed by atoms with Gasteiger partial charge in [-0.05, 0) is 18.4 Å². The van der Waals surface area contributed by atoms with Crippen molar-refractivity contribution in [3.63, 3.8) is 0 Å². The Labute approximate surface area is 127 Å². The van der Waals surface area contributed by atoms with Crippen molar-refractivity contribution in [2.75, 3.05) is 0 Å². The van der Waals surface area contributed by atoms with Crippen LogP contribution in [0.25, 0.3) is 5.32 Å². The minimum atomic E-state index is -1.29. The number of piperidine rings is 1. The molecule has 3 amide bonds. The molecule has 1 heterocycles. The summed E-state index contributed by atoms with van der Waals surface area (Å²) in [5.41, 5.74) is -0.274. The van der Waals surface area contributed by atoms with E-state index in [2.05, 4.69) is 5.32 Å². The topological polar surface area (TPSA) is 77.3 Å². The van der Waals surface area contributed by atoms with Gasteiger partial charge >= 0.3 is 21.1 Å². The maximum atomic E-state index is 12.9. The van der Waals surface area contributed by atoms with Gasteiger partial charge in [-0.15, -0.1) is 23.8 Å². The van der Waals surface area contributed by atoms with E-state index in [1.165, 1.54) is 0 Å². The van der Waals surface area contributed by atoms with E-state index in [0.29, 0.717) is 0 Å². The summed E-state index contributed by atoms with van der Waals surface area (Å²) >= 11 is 0. The predicted molar refractivity (Wildman–Crippen MR) is 59.1 cm³/mol. The summed E-state index contributed by atoms with van der Waals surface area (Å²) in [6, 6.07) is 2.71. The second-order valence-electron chi connectivity index (χ2n) is 3.94. The molecule has 8 heteroatoms. The van der Waals surface area contributed by atoms with Crippen molar-refractivity contribution < 1.29 is 44.2 Å². The fourth-order valence-corrected chi connectivity index (χ4v) is 1.59. The average Bonchev–Trinajstić information content (AvgIpc) is 2.36. The van der Waals surface area contributed by atoms with Crippen LogP contribution in [0.4, 0.5) is 8.78 Å². The molecule has 1 aromatic carbocycles. The summed E-state index contributed by atoms with van der Waals surface area (Å²) in [6.45, 7) is 0. The van der Waals surface area contributed by atoms with Crippen molar-refractivity contribution in [3.8, 4) is 0 Å². The Balaban J connectivity index is 0.00000200. The number of imide groups is 1. The van der Waals surface area contributed by atoms with Gasteiger partial charge < -0.3 is 10.1 Å². The Morgan fingerprint density at radius 3 is 2.65 bits per heavy atom. The van der Waals surface area contributed by atoms with Gasteiger partial charge in [0.25, 0.3) is 0 Å². The van der Waals surface area contributed by atoms with Crippen molar-refractivity contribution in [2.24, 2.45) is 0 Å². The molecule has 1 aliphatic heterocycles. The molecule has 0 bridgehead atoms. The van der Waals surface area contributed by atoms with E-state index in [4.69, 9.17) is 0 Å².